The molecule has 2 aromatic carbocycles. The normalized spacial score (nSPS) is 14.7. The molecule has 0 fully saturated rings. The number of carbonyl (C=O) groups is 1. The maximum Gasteiger partial charge on any atom is 0.338 e. The van der Waals surface area contributed by atoms with Gasteiger partial charge in [0, 0.05) is 35.0 Å². The number of benzene rings is 2. The van der Waals surface area contributed by atoms with Crippen LogP contribution in [-0.2, 0) is 9.53 Å². The number of hydrogen-bond acceptors (Lipinski definition) is 12. The van der Waals surface area contributed by atoms with Gasteiger partial charge < -0.3 is 14.2 Å². The topological polar surface area (TPSA) is 148 Å². The van der Waals surface area contributed by atoms with Crippen molar-refractivity contribution >= 4 is 40.8 Å². The van der Waals surface area contributed by atoms with Crippen LogP contribution in [0.4, 0.5) is 5.69 Å². The summed E-state index contributed by atoms with van der Waals surface area (Å²) in [6, 6.07) is 10.2. The molecule has 1 aliphatic heterocycles. The van der Waals surface area contributed by atoms with Crippen molar-refractivity contribution < 1.29 is 23.9 Å². The molecule has 1 aliphatic rings. The first-order chi connectivity index (χ1) is 21.1. The van der Waals surface area contributed by atoms with Crippen molar-refractivity contribution in [2.24, 2.45) is 4.99 Å². The number of nitro benzene ring substituents is 1. The number of non-ortho nitro benzene ring substituents is 1. The first kappa shape index (κ1) is 30.6. The highest BCUT2D eigenvalue weighted by atomic mass is 32.2. The Morgan fingerprint density at radius 1 is 1.14 bits per heavy atom. The monoisotopic (exact) mass is 633 g/mol. The average molecular weight is 634 g/mol. The third-order valence-corrected chi connectivity index (χ3v) is 8.52. The van der Waals surface area contributed by atoms with Crippen LogP contribution in [0.25, 0.3) is 6.08 Å². The number of hydrogen-bond donors (Lipinski definition) is 0. The number of aromatic nitrogens is 3. The molecule has 0 saturated heterocycles. The van der Waals surface area contributed by atoms with Gasteiger partial charge >= 0.3 is 5.97 Å². The van der Waals surface area contributed by atoms with Crippen molar-refractivity contribution in [3.8, 4) is 11.5 Å². The molecule has 0 aliphatic carbocycles. The third-order valence-electron chi connectivity index (χ3n) is 6.55. The SMILES string of the molecule is COc1ccc(OC)c([C@H]2C(C(=O)OC(C)C)=C(C)N=c3s/c(=C\c4cc([N+](=O)[O-])ccc4Sc4ncccn4)c(=O)n32)c1. The molecule has 14 heteroatoms. The van der Waals surface area contributed by atoms with E-state index in [1.54, 1.807) is 69.6 Å². The summed E-state index contributed by atoms with van der Waals surface area (Å²) in [7, 11) is 3.01. The molecule has 5 rings (SSSR count). The number of fused-ring (bicyclic) bond motifs is 1. The Bertz CT molecular complexity index is 1970. The molecule has 226 valence electrons. The number of carbonyl (C=O) groups excluding carboxylic acids is 1. The standard InChI is InChI=1S/C30H27N5O7S2/c1-16(2)42-28(37)25-17(3)33-30-34(26(25)21-15-20(40-4)8-9-22(21)41-5)27(36)24(44-30)14-18-13-19(35(38)39)7-10-23(18)43-29-31-11-6-12-32-29/h6-16,26H,1-5H3/b24-14-/t26-/m0/s1. The fourth-order valence-electron chi connectivity index (χ4n) is 4.64. The minimum atomic E-state index is -0.957. The smallest absolute Gasteiger partial charge is 0.338 e. The van der Waals surface area contributed by atoms with E-state index in [-0.39, 0.29) is 15.8 Å². The largest absolute Gasteiger partial charge is 0.497 e. The lowest BCUT2D eigenvalue weighted by Crippen LogP contribution is -2.40. The Morgan fingerprint density at radius 2 is 1.89 bits per heavy atom. The second-order valence-corrected chi connectivity index (χ2v) is 11.8. The Kier molecular flexibility index (Phi) is 8.92. The highest BCUT2D eigenvalue weighted by Crippen LogP contribution is 2.38. The maximum absolute atomic E-state index is 14.2. The third kappa shape index (κ3) is 6.12. The van der Waals surface area contributed by atoms with Crippen molar-refractivity contribution in [1.29, 1.82) is 0 Å². The first-order valence-corrected chi connectivity index (χ1v) is 14.9. The summed E-state index contributed by atoms with van der Waals surface area (Å²) in [5.41, 5.74) is 0.883. The van der Waals surface area contributed by atoms with Gasteiger partial charge in [0.1, 0.15) is 17.5 Å². The second kappa shape index (κ2) is 12.8. The van der Waals surface area contributed by atoms with Gasteiger partial charge in [0.05, 0.1) is 41.0 Å². The zero-order valence-electron chi connectivity index (χ0n) is 24.3. The summed E-state index contributed by atoms with van der Waals surface area (Å²) in [6.45, 7) is 5.15. The molecule has 44 heavy (non-hydrogen) atoms. The molecular weight excluding hydrogens is 606 g/mol. The lowest BCUT2D eigenvalue weighted by atomic mass is 9.94. The lowest BCUT2D eigenvalue weighted by Gasteiger charge is -2.26. The Hall–Kier alpha value is -4.82. The van der Waals surface area contributed by atoms with Crippen molar-refractivity contribution in [1.82, 2.24) is 14.5 Å². The van der Waals surface area contributed by atoms with Gasteiger partial charge in [0.2, 0.25) is 0 Å². The number of nitrogens with zero attached hydrogens (tertiary/aromatic N) is 5. The van der Waals surface area contributed by atoms with Crippen molar-refractivity contribution in [3.63, 3.8) is 0 Å². The summed E-state index contributed by atoms with van der Waals surface area (Å²) in [4.78, 5) is 52.9. The number of thiazole rings is 1. The number of methoxy groups -OCH3 is 2. The summed E-state index contributed by atoms with van der Waals surface area (Å²) in [5.74, 6) is 0.302. The molecule has 0 radical (unpaired) electrons. The van der Waals surface area contributed by atoms with Crippen LogP contribution in [-0.4, -0.2) is 45.8 Å². The molecule has 0 unspecified atom stereocenters. The summed E-state index contributed by atoms with van der Waals surface area (Å²) >= 11 is 2.31. The summed E-state index contributed by atoms with van der Waals surface area (Å²) < 4.78 is 18.4. The van der Waals surface area contributed by atoms with E-state index in [0.29, 0.717) is 43.2 Å². The van der Waals surface area contributed by atoms with Crippen LogP contribution in [0.1, 0.15) is 37.9 Å². The van der Waals surface area contributed by atoms with Crippen LogP contribution < -0.4 is 24.4 Å². The van der Waals surface area contributed by atoms with Crippen LogP contribution in [0.2, 0.25) is 0 Å². The van der Waals surface area contributed by atoms with Gasteiger partial charge in [-0.3, -0.25) is 19.5 Å². The average Bonchev–Trinajstić information content (AvgIpc) is 3.30. The minimum Gasteiger partial charge on any atom is -0.497 e. The van der Waals surface area contributed by atoms with Crippen LogP contribution >= 0.6 is 23.1 Å². The molecule has 12 nitrogen and oxygen atoms in total. The summed E-state index contributed by atoms with van der Waals surface area (Å²) in [5, 5.41) is 12.1. The van der Waals surface area contributed by atoms with Gasteiger partial charge in [0.25, 0.3) is 11.2 Å². The van der Waals surface area contributed by atoms with Crippen LogP contribution in [0.15, 0.2) is 86.0 Å². The fraction of sp³-hybridized carbons (Fsp3) is 0.233. The Balaban J connectivity index is 1.75. The summed E-state index contributed by atoms with van der Waals surface area (Å²) in [6.07, 6.45) is 4.34. The van der Waals surface area contributed by atoms with Gasteiger partial charge in [-0.05, 0) is 74.5 Å². The highest BCUT2D eigenvalue weighted by Gasteiger charge is 2.36. The van der Waals surface area contributed by atoms with Gasteiger partial charge in [-0.15, -0.1) is 0 Å². The second-order valence-electron chi connectivity index (χ2n) is 9.76. The molecule has 0 N–H and O–H groups in total. The van der Waals surface area contributed by atoms with Crippen LogP contribution in [0.5, 0.6) is 11.5 Å². The molecule has 4 aromatic rings. The zero-order valence-corrected chi connectivity index (χ0v) is 26.0. The van der Waals surface area contributed by atoms with E-state index in [9.17, 15) is 19.7 Å². The molecule has 0 saturated carbocycles. The van der Waals surface area contributed by atoms with Crippen LogP contribution in [0, 0.1) is 10.1 Å². The van der Waals surface area contributed by atoms with Crippen molar-refractivity contribution in [3.05, 3.63) is 107 Å². The molecule has 2 aromatic heterocycles. The zero-order chi connectivity index (χ0) is 31.5. The Morgan fingerprint density at radius 3 is 2.55 bits per heavy atom. The van der Waals surface area contributed by atoms with E-state index < -0.39 is 28.6 Å². The van der Waals surface area contributed by atoms with E-state index in [0.717, 1.165) is 11.3 Å². The van der Waals surface area contributed by atoms with E-state index >= 15 is 0 Å². The molecule has 0 bridgehead atoms. The number of ether oxygens (including phenoxy) is 3. The Labute approximate surface area is 259 Å². The van der Waals surface area contributed by atoms with E-state index in [4.69, 9.17) is 14.2 Å². The van der Waals surface area contributed by atoms with E-state index in [2.05, 4.69) is 15.0 Å². The quantitative estimate of drug-likeness (QED) is 0.114. The molecule has 1 atom stereocenters. The molecule has 3 heterocycles. The molecular formula is C30H27N5O7S2. The molecule has 0 spiro atoms. The number of allylic oxidation sites excluding steroid dienone is 1. The van der Waals surface area contributed by atoms with Gasteiger partial charge in [-0.25, -0.2) is 19.8 Å². The van der Waals surface area contributed by atoms with Gasteiger partial charge in [-0.1, -0.05) is 11.3 Å². The minimum absolute atomic E-state index is 0.143. The van der Waals surface area contributed by atoms with Crippen molar-refractivity contribution in [2.75, 3.05) is 14.2 Å². The fourth-order valence-corrected chi connectivity index (χ4v) is 6.47. The number of nitro groups is 1. The predicted octanol–water partition coefficient (Wildman–Crippen LogP) is 4.05. The predicted molar refractivity (Wildman–Crippen MR) is 164 cm³/mol. The van der Waals surface area contributed by atoms with Gasteiger partial charge in [-0.2, -0.15) is 0 Å². The number of esters is 1. The highest BCUT2D eigenvalue weighted by molar-refractivity contribution is 7.99. The maximum atomic E-state index is 14.2. The molecule has 0 amide bonds. The van der Waals surface area contributed by atoms with Gasteiger partial charge in [0.15, 0.2) is 9.96 Å². The number of rotatable bonds is 9. The van der Waals surface area contributed by atoms with Crippen molar-refractivity contribution in [2.45, 2.75) is 43.0 Å². The van der Waals surface area contributed by atoms with E-state index in [1.165, 1.54) is 42.7 Å². The first-order valence-electron chi connectivity index (χ1n) is 13.3. The van der Waals surface area contributed by atoms with Crippen LogP contribution in [0.3, 0.4) is 0 Å². The van der Waals surface area contributed by atoms with E-state index in [1.807, 2.05) is 0 Å². The lowest BCUT2D eigenvalue weighted by molar-refractivity contribution is -0.384.